The monoisotopic (exact) mass is 309 g/mol. The normalized spacial score (nSPS) is 19.2. The summed E-state index contributed by atoms with van der Waals surface area (Å²) in [6, 6.07) is 6.93. The second kappa shape index (κ2) is 8.25. The number of nitrogens with one attached hydrogen (secondary N) is 2. The molecule has 1 aliphatic rings. The second-order valence-electron chi connectivity index (χ2n) is 5.79. The van der Waals surface area contributed by atoms with Crippen molar-refractivity contribution in [3.63, 3.8) is 0 Å². The van der Waals surface area contributed by atoms with Crippen molar-refractivity contribution in [1.82, 2.24) is 10.2 Å². The van der Waals surface area contributed by atoms with Crippen molar-refractivity contribution in [2.75, 3.05) is 31.5 Å². The highest BCUT2D eigenvalue weighted by Gasteiger charge is 2.15. The Morgan fingerprint density at radius 2 is 2.14 bits per heavy atom. The van der Waals surface area contributed by atoms with Gasteiger partial charge in [-0.2, -0.15) is 0 Å². The highest BCUT2D eigenvalue weighted by molar-refractivity contribution is 6.30. The smallest absolute Gasteiger partial charge is 0.319 e. The minimum atomic E-state index is -0.163. The van der Waals surface area contributed by atoms with Gasteiger partial charge in [-0.1, -0.05) is 18.5 Å². The van der Waals surface area contributed by atoms with Crippen LogP contribution in [0, 0.1) is 5.92 Å². The van der Waals surface area contributed by atoms with Gasteiger partial charge in [0, 0.05) is 23.8 Å². The highest BCUT2D eigenvalue weighted by atomic mass is 35.5. The number of halogens is 1. The number of nitrogens with zero attached hydrogens (tertiary/aromatic N) is 1. The molecule has 1 heterocycles. The van der Waals surface area contributed by atoms with Crippen LogP contribution in [0.2, 0.25) is 5.02 Å². The summed E-state index contributed by atoms with van der Waals surface area (Å²) in [6.07, 6.45) is 3.63. The first-order chi connectivity index (χ1) is 10.1. The molecule has 0 saturated carbocycles. The van der Waals surface area contributed by atoms with Gasteiger partial charge < -0.3 is 15.5 Å². The lowest BCUT2D eigenvalue weighted by Gasteiger charge is -2.30. The summed E-state index contributed by atoms with van der Waals surface area (Å²) in [5.74, 6) is 0.805. The van der Waals surface area contributed by atoms with Gasteiger partial charge in [-0.05, 0) is 62.5 Å². The summed E-state index contributed by atoms with van der Waals surface area (Å²) in [7, 11) is 0. The number of amides is 2. The van der Waals surface area contributed by atoms with Crippen LogP contribution < -0.4 is 10.6 Å². The van der Waals surface area contributed by atoms with Gasteiger partial charge >= 0.3 is 6.03 Å². The van der Waals surface area contributed by atoms with Gasteiger partial charge in [0.05, 0.1) is 0 Å². The minimum Gasteiger partial charge on any atom is -0.338 e. The molecule has 1 fully saturated rings. The van der Waals surface area contributed by atoms with Crippen LogP contribution >= 0.6 is 11.6 Å². The first-order valence-corrected chi connectivity index (χ1v) is 8.04. The van der Waals surface area contributed by atoms with Crippen LogP contribution in [0.25, 0.3) is 0 Å². The Hall–Kier alpha value is -1.26. The largest absolute Gasteiger partial charge is 0.338 e. The Morgan fingerprint density at radius 1 is 1.38 bits per heavy atom. The van der Waals surface area contributed by atoms with Crippen molar-refractivity contribution >= 4 is 23.3 Å². The van der Waals surface area contributed by atoms with Crippen LogP contribution in [0.1, 0.15) is 26.2 Å². The molecule has 2 amide bonds. The maximum absolute atomic E-state index is 11.7. The third-order valence-corrected chi connectivity index (χ3v) is 4.03. The SMILES string of the molecule is C[C@H]1CCCN(CCCNC(=O)Nc2ccc(Cl)cc2)C1. The molecular formula is C16H24ClN3O. The van der Waals surface area contributed by atoms with Gasteiger partial charge in [-0.15, -0.1) is 0 Å². The average Bonchev–Trinajstić information content (AvgIpc) is 2.46. The van der Waals surface area contributed by atoms with Crippen molar-refractivity contribution in [3.8, 4) is 0 Å². The summed E-state index contributed by atoms with van der Waals surface area (Å²) in [4.78, 5) is 14.2. The molecule has 5 heteroatoms. The fraction of sp³-hybridized carbons (Fsp3) is 0.562. The van der Waals surface area contributed by atoms with Crippen LogP contribution in [0.5, 0.6) is 0 Å². The quantitative estimate of drug-likeness (QED) is 0.817. The van der Waals surface area contributed by atoms with E-state index in [2.05, 4.69) is 22.5 Å². The lowest BCUT2D eigenvalue weighted by Crippen LogP contribution is -2.37. The summed E-state index contributed by atoms with van der Waals surface area (Å²) in [5, 5.41) is 6.34. The van der Waals surface area contributed by atoms with Crippen molar-refractivity contribution in [2.24, 2.45) is 5.92 Å². The van der Waals surface area contributed by atoms with Gasteiger partial charge in [0.1, 0.15) is 0 Å². The van der Waals surface area contributed by atoms with E-state index >= 15 is 0 Å². The Labute approximate surface area is 131 Å². The Balaban J connectivity index is 1.59. The summed E-state index contributed by atoms with van der Waals surface area (Å²) >= 11 is 5.80. The zero-order valence-corrected chi connectivity index (χ0v) is 13.3. The van der Waals surface area contributed by atoms with E-state index in [1.807, 2.05) is 0 Å². The van der Waals surface area contributed by atoms with Crippen molar-refractivity contribution in [1.29, 1.82) is 0 Å². The molecule has 2 rings (SSSR count). The van der Waals surface area contributed by atoms with E-state index in [4.69, 9.17) is 11.6 Å². The summed E-state index contributed by atoms with van der Waals surface area (Å²) < 4.78 is 0. The fourth-order valence-electron chi connectivity index (χ4n) is 2.70. The predicted molar refractivity (Wildman–Crippen MR) is 87.9 cm³/mol. The molecule has 0 aliphatic carbocycles. The number of rotatable bonds is 5. The number of hydrogen-bond donors (Lipinski definition) is 2. The number of piperidine rings is 1. The summed E-state index contributed by atoms with van der Waals surface area (Å²) in [5.41, 5.74) is 0.752. The zero-order chi connectivity index (χ0) is 15.1. The van der Waals surface area contributed by atoms with Crippen LogP contribution in [0.4, 0.5) is 10.5 Å². The lowest BCUT2D eigenvalue weighted by atomic mass is 10.0. The molecule has 0 bridgehead atoms. The van der Waals surface area contributed by atoms with E-state index in [1.54, 1.807) is 24.3 Å². The van der Waals surface area contributed by atoms with Crippen LogP contribution in [-0.4, -0.2) is 37.1 Å². The molecule has 116 valence electrons. The van der Waals surface area contributed by atoms with E-state index in [9.17, 15) is 4.79 Å². The minimum absolute atomic E-state index is 0.163. The van der Waals surface area contributed by atoms with E-state index < -0.39 is 0 Å². The molecule has 0 unspecified atom stereocenters. The molecule has 0 spiro atoms. The lowest BCUT2D eigenvalue weighted by molar-refractivity contribution is 0.182. The number of hydrogen-bond acceptors (Lipinski definition) is 2. The first-order valence-electron chi connectivity index (χ1n) is 7.66. The fourth-order valence-corrected chi connectivity index (χ4v) is 2.83. The summed E-state index contributed by atoms with van der Waals surface area (Å²) in [6.45, 7) is 6.46. The molecule has 2 N–H and O–H groups in total. The van der Waals surface area contributed by atoms with Gasteiger partial charge in [0.15, 0.2) is 0 Å². The third-order valence-electron chi connectivity index (χ3n) is 3.78. The molecule has 0 aromatic heterocycles. The molecular weight excluding hydrogens is 286 g/mol. The van der Waals surface area contributed by atoms with E-state index in [-0.39, 0.29) is 6.03 Å². The maximum Gasteiger partial charge on any atom is 0.319 e. The number of likely N-dealkylation sites (tertiary alicyclic amines) is 1. The number of anilines is 1. The molecule has 1 atom stereocenters. The first kappa shape index (κ1) is 16.1. The zero-order valence-electron chi connectivity index (χ0n) is 12.6. The van der Waals surface area contributed by atoms with E-state index in [1.165, 1.54) is 25.9 Å². The van der Waals surface area contributed by atoms with Gasteiger partial charge in [-0.3, -0.25) is 0 Å². The van der Waals surface area contributed by atoms with Crippen molar-refractivity contribution in [2.45, 2.75) is 26.2 Å². The molecule has 1 aromatic carbocycles. The van der Waals surface area contributed by atoms with Gasteiger partial charge in [0.2, 0.25) is 0 Å². The van der Waals surface area contributed by atoms with Gasteiger partial charge in [0.25, 0.3) is 0 Å². The standard InChI is InChI=1S/C16H24ClN3O/c1-13-4-2-10-20(12-13)11-3-9-18-16(21)19-15-7-5-14(17)6-8-15/h5-8,13H,2-4,9-12H2,1H3,(H2,18,19,21)/t13-/m0/s1. The van der Waals surface area contributed by atoms with Gasteiger partial charge in [-0.25, -0.2) is 4.79 Å². The van der Waals surface area contributed by atoms with Crippen LogP contribution in [-0.2, 0) is 0 Å². The molecule has 1 aromatic rings. The molecule has 4 nitrogen and oxygen atoms in total. The molecule has 0 radical (unpaired) electrons. The topological polar surface area (TPSA) is 44.4 Å². The predicted octanol–water partition coefficient (Wildman–Crippen LogP) is 3.58. The maximum atomic E-state index is 11.7. The number of carbonyl (C=O) groups excluding carboxylic acids is 1. The van der Waals surface area contributed by atoms with Crippen LogP contribution in [0.3, 0.4) is 0 Å². The number of carbonyl (C=O) groups is 1. The number of urea groups is 1. The molecule has 1 saturated heterocycles. The second-order valence-corrected chi connectivity index (χ2v) is 6.23. The Kier molecular flexibility index (Phi) is 6.33. The van der Waals surface area contributed by atoms with E-state index in [0.29, 0.717) is 11.6 Å². The van der Waals surface area contributed by atoms with E-state index in [0.717, 1.165) is 24.6 Å². The average molecular weight is 310 g/mol. The van der Waals surface area contributed by atoms with Crippen LogP contribution in [0.15, 0.2) is 24.3 Å². The Bertz CT molecular complexity index is 449. The van der Waals surface area contributed by atoms with Crippen molar-refractivity contribution < 1.29 is 4.79 Å². The Morgan fingerprint density at radius 3 is 2.86 bits per heavy atom. The third kappa shape index (κ3) is 5.94. The van der Waals surface area contributed by atoms with Crippen molar-refractivity contribution in [3.05, 3.63) is 29.3 Å². The molecule has 1 aliphatic heterocycles. The highest BCUT2D eigenvalue weighted by Crippen LogP contribution is 2.15. The number of benzene rings is 1. The molecule has 21 heavy (non-hydrogen) atoms.